The van der Waals surface area contributed by atoms with Crippen molar-refractivity contribution in [2.24, 2.45) is 5.41 Å². The highest BCUT2D eigenvalue weighted by Gasteiger charge is 2.61. The number of hydrogen-bond acceptors (Lipinski definition) is 3. The van der Waals surface area contributed by atoms with E-state index in [1.165, 1.54) is 0 Å². The monoisotopic (exact) mass is 282 g/mol. The van der Waals surface area contributed by atoms with Gasteiger partial charge in [-0.05, 0) is 19.4 Å². The van der Waals surface area contributed by atoms with E-state index in [2.05, 4.69) is 10.6 Å². The average Bonchev–Trinajstić information content (AvgIpc) is 2.76. The second-order valence-corrected chi connectivity index (χ2v) is 4.68. The van der Waals surface area contributed by atoms with E-state index in [1.54, 1.807) is 6.92 Å². The van der Waals surface area contributed by atoms with Crippen LogP contribution in [0.25, 0.3) is 0 Å². The fraction of sp³-hybridized carbons (Fsp3) is 0.818. The zero-order chi connectivity index (χ0) is 14.7. The molecular weight excluding hydrogens is 265 g/mol. The van der Waals surface area contributed by atoms with Crippen molar-refractivity contribution in [3.63, 3.8) is 0 Å². The van der Waals surface area contributed by atoms with Gasteiger partial charge in [0.05, 0.1) is 6.42 Å². The van der Waals surface area contributed by atoms with Crippen molar-refractivity contribution in [1.29, 1.82) is 0 Å². The zero-order valence-corrected chi connectivity index (χ0v) is 10.5. The Morgan fingerprint density at radius 3 is 2.47 bits per heavy atom. The quantitative estimate of drug-likeness (QED) is 0.700. The zero-order valence-electron chi connectivity index (χ0n) is 10.5. The highest BCUT2D eigenvalue weighted by atomic mass is 19.4. The maximum Gasteiger partial charge on any atom is 0.404 e. The summed E-state index contributed by atoms with van der Waals surface area (Å²) in [5.74, 6) is -2.30. The molecule has 1 aliphatic rings. The molecule has 5 nitrogen and oxygen atoms in total. The molecule has 0 aliphatic carbocycles. The first-order valence-electron chi connectivity index (χ1n) is 6.03. The van der Waals surface area contributed by atoms with Crippen molar-refractivity contribution in [2.75, 3.05) is 13.1 Å². The van der Waals surface area contributed by atoms with Crippen LogP contribution in [-0.4, -0.2) is 42.3 Å². The minimum atomic E-state index is -4.65. The van der Waals surface area contributed by atoms with Crippen LogP contribution >= 0.6 is 0 Å². The van der Waals surface area contributed by atoms with E-state index in [0.29, 0.717) is 0 Å². The Morgan fingerprint density at radius 2 is 2.11 bits per heavy atom. The first-order valence-corrected chi connectivity index (χ1v) is 6.03. The highest BCUT2D eigenvalue weighted by molar-refractivity contribution is 5.85. The molecular formula is C11H17F3N2O3. The van der Waals surface area contributed by atoms with Crippen LogP contribution in [-0.2, 0) is 9.59 Å². The second kappa shape index (κ2) is 5.77. The molecule has 2 atom stereocenters. The fourth-order valence-electron chi connectivity index (χ4n) is 2.09. The number of halogens is 3. The predicted octanol–water partition coefficient (Wildman–Crippen LogP) is 0.898. The van der Waals surface area contributed by atoms with Gasteiger partial charge in [-0.25, -0.2) is 0 Å². The number of rotatable bonds is 5. The predicted molar refractivity (Wildman–Crippen MR) is 60.4 cm³/mol. The summed E-state index contributed by atoms with van der Waals surface area (Å²) >= 11 is 0. The first kappa shape index (κ1) is 15.7. The molecule has 19 heavy (non-hydrogen) atoms. The van der Waals surface area contributed by atoms with Gasteiger partial charge in [-0.2, -0.15) is 13.2 Å². The van der Waals surface area contributed by atoms with Crippen molar-refractivity contribution in [1.82, 2.24) is 10.6 Å². The number of carbonyl (C=O) groups excluding carboxylic acids is 1. The van der Waals surface area contributed by atoms with E-state index >= 15 is 0 Å². The van der Waals surface area contributed by atoms with Crippen LogP contribution < -0.4 is 10.6 Å². The van der Waals surface area contributed by atoms with Gasteiger partial charge in [0.15, 0.2) is 5.41 Å². The Morgan fingerprint density at radius 1 is 1.47 bits per heavy atom. The molecule has 8 heteroatoms. The summed E-state index contributed by atoms with van der Waals surface area (Å²) in [6.07, 6.45) is -5.10. The number of carbonyl (C=O) groups is 2. The molecule has 0 aromatic carbocycles. The van der Waals surface area contributed by atoms with Crippen molar-refractivity contribution >= 4 is 11.9 Å². The molecule has 0 aromatic rings. The number of nitrogens with one attached hydrogen (secondary N) is 2. The van der Waals surface area contributed by atoms with E-state index in [0.717, 1.165) is 0 Å². The summed E-state index contributed by atoms with van der Waals surface area (Å²) in [5.41, 5.74) is -2.45. The van der Waals surface area contributed by atoms with E-state index in [-0.39, 0.29) is 25.8 Å². The van der Waals surface area contributed by atoms with Crippen LogP contribution in [0.4, 0.5) is 13.2 Å². The lowest BCUT2D eigenvalue weighted by molar-refractivity contribution is -0.216. The summed E-state index contributed by atoms with van der Waals surface area (Å²) in [6.45, 7) is 1.26. The first-order chi connectivity index (χ1) is 8.73. The summed E-state index contributed by atoms with van der Waals surface area (Å²) in [6, 6.07) is -0.787. The molecule has 1 rings (SSSR count). The van der Waals surface area contributed by atoms with Gasteiger partial charge < -0.3 is 15.7 Å². The minimum Gasteiger partial charge on any atom is -0.481 e. The lowest BCUT2D eigenvalue weighted by atomic mass is 9.84. The maximum absolute atomic E-state index is 13.1. The van der Waals surface area contributed by atoms with Crippen molar-refractivity contribution in [3.05, 3.63) is 0 Å². The molecule has 1 aliphatic heterocycles. The minimum absolute atomic E-state index is 0.114. The van der Waals surface area contributed by atoms with E-state index in [1.807, 2.05) is 0 Å². The van der Waals surface area contributed by atoms with Crippen molar-refractivity contribution < 1.29 is 27.9 Å². The lowest BCUT2D eigenvalue weighted by Gasteiger charge is -2.31. The summed E-state index contributed by atoms with van der Waals surface area (Å²) in [7, 11) is 0. The average molecular weight is 282 g/mol. The van der Waals surface area contributed by atoms with Crippen LogP contribution in [0.5, 0.6) is 0 Å². The number of carboxylic acids is 1. The highest BCUT2D eigenvalue weighted by Crippen LogP contribution is 2.43. The fourth-order valence-corrected chi connectivity index (χ4v) is 2.09. The summed E-state index contributed by atoms with van der Waals surface area (Å²) in [5, 5.41) is 13.4. The van der Waals surface area contributed by atoms with Crippen LogP contribution in [0.3, 0.4) is 0 Å². The SMILES string of the molecule is CCC(CC(=O)O)NC(=O)C1(C(F)(F)F)CCNC1. The standard InChI is InChI=1S/C11H17F3N2O3/c1-2-7(5-8(17)18)16-9(19)10(11(12,13)14)3-4-15-6-10/h7,15H,2-6H2,1H3,(H,16,19)(H,17,18). The van der Waals surface area contributed by atoms with Gasteiger partial charge in [0.1, 0.15) is 0 Å². The third-order valence-corrected chi connectivity index (χ3v) is 3.38. The Hall–Kier alpha value is -1.31. The Labute approximate surface area is 108 Å². The van der Waals surface area contributed by atoms with E-state index in [4.69, 9.17) is 5.11 Å². The van der Waals surface area contributed by atoms with Crippen molar-refractivity contribution in [2.45, 2.75) is 38.4 Å². The molecule has 1 saturated heterocycles. The second-order valence-electron chi connectivity index (χ2n) is 4.68. The topological polar surface area (TPSA) is 78.4 Å². The van der Waals surface area contributed by atoms with Gasteiger partial charge in [-0.15, -0.1) is 0 Å². The van der Waals surface area contributed by atoms with Crippen molar-refractivity contribution in [3.8, 4) is 0 Å². The third kappa shape index (κ3) is 3.37. The van der Waals surface area contributed by atoms with Crippen LogP contribution in [0, 0.1) is 5.41 Å². The van der Waals surface area contributed by atoms with Crippen LogP contribution in [0.15, 0.2) is 0 Å². The van der Waals surface area contributed by atoms with Gasteiger partial charge in [0.2, 0.25) is 5.91 Å². The number of hydrogen-bond donors (Lipinski definition) is 3. The van der Waals surface area contributed by atoms with E-state index in [9.17, 15) is 22.8 Å². The van der Waals surface area contributed by atoms with Crippen LogP contribution in [0.1, 0.15) is 26.2 Å². The van der Waals surface area contributed by atoms with E-state index < -0.39 is 36.1 Å². The molecule has 0 spiro atoms. The third-order valence-electron chi connectivity index (χ3n) is 3.38. The number of aliphatic carboxylic acids is 1. The largest absolute Gasteiger partial charge is 0.481 e. The van der Waals surface area contributed by atoms with Gasteiger partial charge >= 0.3 is 12.1 Å². The molecule has 110 valence electrons. The smallest absolute Gasteiger partial charge is 0.404 e. The molecule has 2 unspecified atom stereocenters. The molecule has 3 N–H and O–H groups in total. The molecule has 0 radical (unpaired) electrons. The van der Waals surface area contributed by atoms with Gasteiger partial charge in [-0.3, -0.25) is 9.59 Å². The Kier molecular flexibility index (Phi) is 4.78. The van der Waals surface area contributed by atoms with Crippen LogP contribution in [0.2, 0.25) is 0 Å². The Balaban J connectivity index is 2.81. The number of carboxylic acid groups (broad SMARTS) is 1. The molecule has 0 saturated carbocycles. The normalized spacial score (nSPS) is 25.1. The molecule has 0 bridgehead atoms. The summed E-state index contributed by atoms with van der Waals surface area (Å²) in [4.78, 5) is 22.5. The van der Waals surface area contributed by atoms with Gasteiger partial charge in [-0.1, -0.05) is 6.92 Å². The maximum atomic E-state index is 13.1. The number of amides is 1. The lowest BCUT2D eigenvalue weighted by Crippen LogP contribution is -2.54. The molecule has 1 fully saturated rings. The summed E-state index contributed by atoms with van der Waals surface area (Å²) < 4.78 is 39.2. The molecule has 0 aromatic heterocycles. The Bertz CT molecular complexity index is 352. The molecule has 1 amide bonds. The molecule has 1 heterocycles. The van der Waals surface area contributed by atoms with Gasteiger partial charge in [0, 0.05) is 12.6 Å². The number of alkyl halides is 3. The van der Waals surface area contributed by atoms with Gasteiger partial charge in [0.25, 0.3) is 0 Å².